The van der Waals surface area contributed by atoms with Crippen LogP contribution in [-0.4, -0.2) is 47.8 Å². The van der Waals surface area contributed by atoms with Crippen molar-refractivity contribution in [1.82, 2.24) is 4.90 Å². The van der Waals surface area contributed by atoms with Crippen molar-refractivity contribution >= 4 is 29.1 Å². The van der Waals surface area contributed by atoms with Gasteiger partial charge in [0.05, 0.1) is 30.7 Å². The summed E-state index contributed by atoms with van der Waals surface area (Å²) < 4.78 is 10.8. The Morgan fingerprint density at radius 3 is 2.19 bits per heavy atom. The second-order valence-electron chi connectivity index (χ2n) is 8.92. The van der Waals surface area contributed by atoms with E-state index in [1.54, 1.807) is 24.3 Å². The quantitative estimate of drug-likeness (QED) is 0.217. The van der Waals surface area contributed by atoms with Crippen LogP contribution in [-0.2, 0) is 4.79 Å². The van der Waals surface area contributed by atoms with Gasteiger partial charge in [0.2, 0.25) is 0 Å². The summed E-state index contributed by atoms with van der Waals surface area (Å²) in [5, 5.41) is 11.6. The van der Waals surface area contributed by atoms with Gasteiger partial charge in [0, 0.05) is 11.8 Å². The van der Waals surface area contributed by atoms with Gasteiger partial charge in [-0.2, -0.15) is 0 Å². The van der Waals surface area contributed by atoms with E-state index in [4.69, 9.17) is 9.47 Å². The van der Waals surface area contributed by atoms with Gasteiger partial charge in [-0.05, 0) is 60.9 Å². The lowest BCUT2D eigenvalue weighted by molar-refractivity contribution is -0.385. The maximum absolute atomic E-state index is 13.7. The Hall–Kier alpha value is -4.73. The first-order chi connectivity index (χ1) is 17.7. The number of hydrogen-bond donors (Lipinski definition) is 0. The molecule has 3 aromatic carbocycles. The number of hydrogen-bond acceptors (Lipinski definition) is 7. The molecule has 3 amide bonds. The van der Waals surface area contributed by atoms with Crippen LogP contribution >= 0.6 is 0 Å². The molecule has 5 rings (SSSR count). The molecule has 0 aliphatic carbocycles. The Morgan fingerprint density at radius 2 is 1.54 bits per heavy atom. The van der Waals surface area contributed by atoms with Crippen molar-refractivity contribution in [3.05, 3.63) is 92.5 Å². The molecule has 2 heterocycles. The number of aryl methyl sites for hydroxylation is 2. The van der Waals surface area contributed by atoms with E-state index in [2.05, 4.69) is 0 Å². The number of amides is 3. The minimum absolute atomic E-state index is 0.0947. The van der Waals surface area contributed by atoms with Crippen LogP contribution in [0.25, 0.3) is 0 Å². The maximum atomic E-state index is 13.7. The second kappa shape index (κ2) is 8.74. The van der Waals surface area contributed by atoms with E-state index in [9.17, 15) is 24.5 Å². The fourth-order valence-electron chi connectivity index (χ4n) is 4.95. The topological polar surface area (TPSA) is 119 Å². The second-order valence-corrected chi connectivity index (χ2v) is 8.92. The number of nitrogens with zero attached hydrogens (tertiary/aromatic N) is 3. The first-order valence-corrected chi connectivity index (χ1v) is 11.5. The summed E-state index contributed by atoms with van der Waals surface area (Å²) in [7, 11) is 2.98. The zero-order chi connectivity index (χ0) is 26.6. The molecule has 1 fully saturated rings. The van der Waals surface area contributed by atoms with Gasteiger partial charge in [0.15, 0.2) is 11.5 Å². The predicted octanol–water partition coefficient (Wildman–Crippen LogP) is 3.98. The first kappa shape index (κ1) is 24.0. The predicted molar refractivity (Wildman–Crippen MR) is 133 cm³/mol. The molecule has 3 aromatic rings. The number of nitro benzene ring substituents is 1. The van der Waals surface area contributed by atoms with Crippen LogP contribution in [0.15, 0.2) is 54.6 Å². The highest BCUT2D eigenvalue weighted by molar-refractivity contribution is 6.26. The summed E-state index contributed by atoms with van der Waals surface area (Å²) in [4.78, 5) is 53.7. The number of benzene rings is 3. The van der Waals surface area contributed by atoms with Crippen LogP contribution in [0.5, 0.6) is 11.5 Å². The fourth-order valence-corrected chi connectivity index (χ4v) is 4.95. The summed E-state index contributed by atoms with van der Waals surface area (Å²) in [5.41, 5.74) is 2.35. The van der Waals surface area contributed by atoms with Gasteiger partial charge in [-0.3, -0.25) is 29.4 Å². The van der Waals surface area contributed by atoms with Crippen molar-refractivity contribution in [2.45, 2.75) is 25.9 Å². The van der Waals surface area contributed by atoms with Gasteiger partial charge in [-0.1, -0.05) is 18.2 Å². The van der Waals surface area contributed by atoms with Crippen molar-refractivity contribution in [3.63, 3.8) is 0 Å². The monoisotopic (exact) mass is 501 g/mol. The molecule has 0 unspecified atom stereocenters. The molecule has 0 radical (unpaired) electrons. The van der Waals surface area contributed by atoms with E-state index < -0.39 is 40.4 Å². The van der Waals surface area contributed by atoms with E-state index in [0.717, 1.165) is 16.0 Å². The molecule has 0 bridgehead atoms. The lowest BCUT2D eigenvalue weighted by atomic mass is 9.85. The molecule has 188 valence electrons. The van der Waals surface area contributed by atoms with Crippen molar-refractivity contribution in [2.24, 2.45) is 0 Å². The van der Waals surface area contributed by atoms with Gasteiger partial charge < -0.3 is 14.4 Å². The summed E-state index contributed by atoms with van der Waals surface area (Å²) in [6.07, 6.45) is 0. The van der Waals surface area contributed by atoms with Gasteiger partial charge >= 0.3 is 0 Å². The van der Waals surface area contributed by atoms with E-state index in [-0.39, 0.29) is 11.1 Å². The standard InChI is InChI=1S/C27H23N3O7/c1-14-8-10-17(12-15(14)2)28-23(16-9-11-20(36-3)21(13-16)37-4)24(27(28)33)29-25(31)18-6-5-7-19(30(34)35)22(18)26(29)32/h5-13,23-24H,1-4H3/t23-,24-/m0/s1. The van der Waals surface area contributed by atoms with Crippen LogP contribution in [0.2, 0.25) is 0 Å². The smallest absolute Gasteiger partial charge is 0.282 e. The Balaban J connectivity index is 1.64. The molecular weight excluding hydrogens is 478 g/mol. The summed E-state index contributed by atoms with van der Waals surface area (Å²) >= 11 is 0. The van der Waals surface area contributed by atoms with Crippen LogP contribution in [0.4, 0.5) is 11.4 Å². The van der Waals surface area contributed by atoms with E-state index in [0.29, 0.717) is 22.7 Å². The maximum Gasteiger partial charge on any atom is 0.282 e. The average Bonchev–Trinajstić information content (AvgIpc) is 3.14. The molecule has 10 nitrogen and oxygen atoms in total. The van der Waals surface area contributed by atoms with Crippen molar-refractivity contribution in [3.8, 4) is 11.5 Å². The zero-order valence-electron chi connectivity index (χ0n) is 20.6. The van der Waals surface area contributed by atoms with E-state index >= 15 is 0 Å². The minimum atomic E-state index is -1.20. The number of methoxy groups -OCH3 is 2. The molecule has 2 atom stereocenters. The molecule has 0 spiro atoms. The number of imide groups is 1. The van der Waals surface area contributed by atoms with Crippen LogP contribution in [0.3, 0.4) is 0 Å². The molecule has 37 heavy (non-hydrogen) atoms. The van der Waals surface area contributed by atoms with Gasteiger partial charge in [-0.25, -0.2) is 0 Å². The summed E-state index contributed by atoms with van der Waals surface area (Å²) in [5.74, 6) is -1.19. The molecule has 0 saturated carbocycles. The van der Waals surface area contributed by atoms with Gasteiger partial charge in [0.1, 0.15) is 11.6 Å². The van der Waals surface area contributed by atoms with E-state index in [1.807, 2.05) is 26.0 Å². The molecule has 1 saturated heterocycles. The lowest BCUT2D eigenvalue weighted by Crippen LogP contribution is -2.67. The number of β-lactam (4-membered cyclic amide) rings is 1. The Morgan fingerprint density at radius 1 is 0.811 bits per heavy atom. The van der Waals surface area contributed by atoms with Gasteiger partial charge in [-0.15, -0.1) is 0 Å². The van der Waals surface area contributed by atoms with Gasteiger partial charge in [0.25, 0.3) is 23.4 Å². The number of carbonyl (C=O) groups excluding carboxylic acids is 3. The average molecular weight is 501 g/mol. The molecular formula is C27H23N3O7. The molecule has 10 heteroatoms. The summed E-state index contributed by atoms with van der Waals surface area (Å²) in [6, 6.07) is 12.6. The third-order valence-corrected chi connectivity index (χ3v) is 6.98. The number of anilines is 1. The number of ether oxygens (including phenoxy) is 2. The molecule has 2 aliphatic heterocycles. The number of fused-ring (bicyclic) bond motifs is 1. The highest BCUT2D eigenvalue weighted by Crippen LogP contribution is 2.46. The normalized spacial score (nSPS) is 18.5. The van der Waals surface area contributed by atoms with Crippen LogP contribution < -0.4 is 14.4 Å². The number of carbonyl (C=O) groups is 3. The van der Waals surface area contributed by atoms with Crippen molar-refractivity contribution < 1.29 is 28.8 Å². The minimum Gasteiger partial charge on any atom is -0.493 e. The highest BCUT2D eigenvalue weighted by Gasteiger charge is 2.58. The lowest BCUT2D eigenvalue weighted by Gasteiger charge is -2.50. The fraction of sp³-hybridized carbons (Fsp3) is 0.222. The first-order valence-electron chi connectivity index (χ1n) is 11.5. The summed E-state index contributed by atoms with van der Waals surface area (Å²) in [6.45, 7) is 3.88. The third kappa shape index (κ3) is 3.52. The third-order valence-electron chi connectivity index (χ3n) is 6.98. The number of nitro groups is 1. The van der Waals surface area contributed by atoms with Crippen LogP contribution in [0.1, 0.15) is 43.4 Å². The molecule has 0 aromatic heterocycles. The Labute approximate surface area is 212 Å². The number of rotatable bonds is 6. The highest BCUT2D eigenvalue weighted by atomic mass is 16.6. The Bertz CT molecular complexity index is 1500. The molecule has 0 N–H and O–H groups in total. The largest absolute Gasteiger partial charge is 0.493 e. The van der Waals surface area contributed by atoms with Crippen LogP contribution in [0, 0.1) is 24.0 Å². The van der Waals surface area contributed by atoms with E-state index in [1.165, 1.54) is 37.3 Å². The Kier molecular flexibility index (Phi) is 5.66. The van der Waals surface area contributed by atoms with Crippen molar-refractivity contribution in [2.75, 3.05) is 19.1 Å². The van der Waals surface area contributed by atoms with Crippen molar-refractivity contribution in [1.29, 1.82) is 0 Å². The zero-order valence-corrected chi connectivity index (χ0v) is 20.6. The molecule has 2 aliphatic rings. The SMILES string of the molecule is COc1ccc([C@H]2[C@H](N3C(=O)c4cccc([N+](=O)[O-])c4C3=O)C(=O)N2c2ccc(C)c(C)c2)cc1OC.